The van der Waals surface area contributed by atoms with Crippen LogP contribution in [-0.4, -0.2) is 29.8 Å². The predicted octanol–water partition coefficient (Wildman–Crippen LogP) is 1.80. The minimum atomic E-state index is -0.704. The lowest BCUT2D eigenvalue weighted by Crippen LogP contribution is -2.19. The monoisotopic (exact) mass is 276 g/mol. The predicted molar refractivity (Wildman–Crippen MR) is 74.4 cm³/mol. The molecule has 20 heavy (non-hydrogen) atoms. The van der Waals surface area contributed by atoms with E-state index in [2.05, 4.69) is 10.5 Å². The van der Waals surface area contributed by atoms with Crippen molar-refractivity contribution in [1.29, 1.82) is 0 Å². The number of aliphatic hydroxyl groups is 1. The molecule has 0 radical (unpaired) electrons. The summed E-state index contributed by atoms with van der Waals surface area (Å²) in [5.41, 5.74) is 2.58. The van der Waals surface area contributed by atoms with E-state index >= 15 is 0 Å². The number of nitrogens with zero attached hydrogens (tertiary/aromatic N) is 1. The molecule has 106 valence electrons. The first-order chi connectivity index (χ1) is 9.56. The van der Waals surface area contributed by atoms with Gasteiger partial charge < -0.3 is 9.84 Å². The Bertz CT molecular complexity index is 531. The number of rotatable bonds is 5. The highest BCUT2D eigenvalue weighted by Gasteiger charge is 2.12. The molecule has 1 aromatic rings. The molecule has 2 N–H and O–H groups in total. The molecule has 6 heteroatoms. The molecule has 0 atom stereocenters. The Morgan fingerprint density at radius 3 is 2.55 bits per heavy atom. The van der Waals surface area contributed by atoms with Crippen molar-refractivity contribution in [3.05, 3.63) is 47.2 Å². The van der Waals surface area contributed by atoms with Gasteiger partial charge in [-0.15, -0.1) is 0 Å². The first-order valence-electron chi connectivity index (χ1n) is 6.01. The van der Waals surface area contributed by atoms with Gasteiger partial charge in [0, 0.05) is 5.56 Å². The van der Waals surface area contributed by atoms with E-state index in [-0.39, 0.29) is 17.9 Å². The van der Waals surface area contributed by atoms with E-state index < -0.39 is 11.9 Å². The van der Waals surface area contributed by atoms with Crippen LogP contribution in [0.2, 0.25) is 0 Å². The summed E-state index contributed by atoms with van der Waals surface area (Å²) in [6, 6.07) is 8.49. The molecule has 1 aromatic carbocycles. The highest BCUT2D eigenvalue weighted by Crippen LogP contribution is 2.02. The number of ether oxygens (including phenoxy) is 1. The Morgan fingerprint density at radius 1 is 1.35 bits per heavy atom. The lowest BCUT2D eigenvalue weighted by atomic mass is 10.2. The smallest absolute Gasteiger partial charge is 0.343 e. The minimum Gasteiger partial charge on any atom is -0.512 e. The van der Waals surface area contributed by atoms with Crippen LogP contribution >= 0.6 is 0 Å². The van der Waals surface area contributed by atoms with E-state index in [1.54, 1.807) is 37.3 Å². The third-order valence-corrected chi connectivity index (χ3v) is 2.28. The molecule has 0 saturated carbocycles. The molecular weight excluding hydrogens is 260 g/mol. The van der Waals surface area contributed by atoms with Crippen molar-refractivity contribution in [3.8, 4) is 0 Å². The number of hydrogen-bond donors (Lipinski definition) is 2. The topological polar surface area (TPSA) is 88.0 Å². The first kappa shape index (κ1) is 15.4. The summed E-state index contributed by atoms with van der Waals surface area (Å²) in [7, 11) is 0. The second kappa shape index (κ2) is 7.73. The van der Waals surface area contributed by atoms with Crippen LogP contribution in [-0.2, 0) is 9.53 Å². The average molecular weight is 276 g/mol. The van der Waals surface area contributed by atoms with Crippen molar-refractivity contribution in [2.45, 2.75) is 13.8 Å². The molecule has 0 fully saturated rings. The van der Waals surface area contributed by atoms with Gasteiger partial charge >= 0.3 is 5.97 Å². The van der Waals surface area contributed by atoms with Gasteiger partial charge in [-0.05, 0) is 26.0 Å². The van der Waals surface area contributed by atoms with Crippen LogP contribution in [0, 0.1) is 0 Å². The van der Waals surface area contributed by atoms with Crippen LogP contribution in [0.5, 0.6) is 0 Å². The number of carbonyl (C=O) groups is 2. The molecule has 0 unspecified atom stereocenters. The normalized spacial score (nSPS) is 11.9. The van der Waals surface area contributed by atoms with E-state index in [9.17, 15) is 14.7 Å². The maximum absolute atomic E-state index is 11.7. The van der Waals surface area contributed by atoms with Gasteiger partial charge in [0.2, 0.25) is 0 Å². The van der Waals surface area contributed by atoms with E-state index in [1.807, 2.05) is 0 Å². The fraction of sp³-hybridized carbons (Fsp3) is 0.214. The molecule has 0 bridgehead atoms. The summed E-state index contributed by atoms with van der Waals surface area (Å²) in [4.78, 5) is 23.2. The largest absolute Gasteiger partial charge is 0.512 e. The van der Waals surface area contributed by atoms with Gasteiger partial charge in [-0.1, -0.05) is 18.2 Å². The van der Waals surface area contributed by atoms with E-state index in [4.69, 9.17) is 4.74 Å². The zero-order chi connectivity index (χ0) is 15.0. The fourth-order valence-corrected chi connectivity index (χ4v) is 1.31. The molecule has 0 aliphatic heterocycles. The van der Waals surface area contributed by atoms with Gasteiger partial charge in [-0.2, -0.15) is 5.10 Å². The molecule has 0 heterocycles. The van der Waals surface area contributed by atoms with Gasteiger partial charge in [0.05, 0.1) is 12.8 Å². The standard InChI is InChI=1S/C14H16N2O4/c1-3-20-14(19)12(10(2)17)9-15-16-13(18)11-7-5-4-6-8-11/h4-9,17H,3H2,1-2H3,(H,16,18)/b12-10+,15-9+. The van der Waals surface area contributed by atoms with E-state index in [0.717, 1.165) is 6.21 Å². The van der Waals surface area contributed by atoms with E-state index in [0.29, 0.717) is 5.56 Å². The minimum absolute atomic E-state index is 0.111. The van der Waals surface area contributed by atoms with Crippen LogP contribution in [0.4, 0.5) is 0 Å². The van der Waals surface area contributed by atoms with Gasteiger partial charge in [-0.3, -0.25) is 4.79 Å². The number of nitrogens with one attached hydrogen (secondary N) is 1. The Morgan fingerprint density at radius 2 is 2.00 bits per heavy atom. The quantitative estimate of drug-likeness (QED) is 0.282. The van der Waals surface area contributed by atoms with Crippen molar-refractivity contribution >= 4 is 18.1 Å². The van der Waals surface area contributed by atoms with Crippen LogP contribution in [0.15, 0.2) is 46.8 Å². The number of amides is 1. The maximum Gasteiger partial charge on any atom is 0.343 e. The SMILES string of the molecule is CCOC(=O)C(/C=N/NC(=O)c1ccccc1)=C(\C)O. The first-order valence-corrected chi connectivity index (χ1v) is 6.01. The lowest BCUT2D eigenvalue weighted by Gasteiger charge is -2.03. The van der Waals surface area contributed by atoms with Crippen LogP contribution < -0.4 is 5.43 Å². The van der Waals surface area contributed by atoms with Gasteiger partial charge in [0.15, 0.2) is 0 Å². The summed E-state index contributed by atoms with van der Waals surface area (Å²) in [5.74, 6) is -1.35. The number of hydrazone groups is 1. The molecule has 0 aliphatic carbocycles. The molecule has 6 nitrogen and oxygen atoms in total. The molecule has 1 amide bonds. The summed E-state index contributed by atoms with van der Waals surface area (Å²) in [5, 5.41) is 13.0. The fourth-order valence-electron chi connectivity index (χ4n) is 1.31. The number of esters is 1. The molecule has 0 aliphatic rings. The number of allylic oxidation sites excluding steroid dienone is 1. The summed E-state index contributed by atoms with van der Waals surface area (Å²) in [6.45, 7) is 3.16. The molecule has 0 aromatic heterocycles. The molecule has 1 rings (SSSR count). The van der Waals surface area contributed by atoms with Gasteiger partial charge in [0.25, 0.3) is 5.91 Å². The highest BCUT2D eigenvalue weighted by atomic mass is 16.5. The zero-order valence-electron chi connectivity index (χ0n) is 11.3. The van der Waals surface area contributed by atoms with Gasteiger partial charge in [0.1, 0.15) is 11.3 Å². The van der Waals surface area contributed by atoms with Crippen molar-refractivity contribution < 1.29 is 19.4 Å². The van der Waals surface area contributed by atoms with Gasteiger partial charge in [-0.25, -0.2) is 10.2 Å². The zero-order valence-corrected chi connectivity index (χ0v) is 11.3. The third kappa shape index (κ3) is 4.56. The summed E-state index contributed by atoms with van der Waals surface area (Å²) >= 11 is 0. The molecular formula is C14H16N2O4. The number of carbonyl (C=O) groups excluding carboxylic acids is 2. The molecule has 0 saturated heterocycles. The van der Waals surface area contributed by atoms with Crippen molar-refractivity contribution in [1.82, 2.24) is 5.43 Å². The van der Waals surface area contributed by atoms with E-state index in [1.165, 1.54) is 6.92 Å². The molecule has 0 spiro atoms. The van der Waals surface area contributed by atoms with Crippen molar-refractivity contribution in [2.75, 3.05) is 6.61 Å². The third-order valence-electron chi connectivity index (χ3n) is 2.28. The average Bonchev–Trinajstić information content (AvgIpc) is 2.44. The number of hydrogen-bond acceptors (Lipinski definition) is 5. The Labute approximate surface area is 116 Å². The summed E-state index contributed by atoms with van der Waals surface area (Å²) in [6.07, 6.45) is 1.05. The number of benzene rings is 1. The second-order valence-corrected chi connectivity index (χ2v) is 3.78. The van der Waals surface area contributed by atoms with Crippen LogP contribution in [0.25, 0.3) is 0 Å². The summed E-state index contributed by atoms with van der Waals surface area (Å²) < 4.78 is 4.75. The Balaban J connectivity index is 2.69. The van der Waals surface area contributed by atoms with Crippen molar-refractivity contribution in [3.63, 3.8) is 0 Å². The maximum atomic E-state index is 11.7. The Hall–Kier alpha value is -2.63. The second-order valence-electron chi connectivity index (χ2n) is 3.78. The Kier molecular flexibility index (Phi) is 5.96. The number of aliphatic hydroxyl groups excluding tert-OH is 1. The highest BCUT2D eigenvalue weighted by molar-refractivity contribution is 6.10. The van der Waals surface area contributed by atoms with Crippen LogP contribution in [0.1, 0.15) is 24.2 Å². The van der Waals surface area contributed by atoms with Crippen LogP contribution in [0.3, 0.4) is 0 Å². The van der Waals surface area contributed by atoms with Crippen molar-refractivity contribution in [2.24, 2.45) is 5.10 Å². The lowest BCUT2D eigenvalue weighted by molar-refractivity contribution is -0.138.